The number of aliphatic imine (C=N–C) groups is 1. The molecule has 26 heavy (non-hydrogen) atoms. The summed E-state index contributed by atoms with van der Waals surface area (Å²) in [5, 5.41) is 12.1. The van der Waals surface area contributed by atoms with Gasteiger partial charge < -0.3 is 14.8 Å². The zero-order chi connectivity index (χ0) is 18.7. The van der Waals surface area contributed by atoms with Gasteiger partial charge in [0.1, 0.15) is 17.3 Å². The number of hydrogen-bond donors (Lipinski definition) is 2. The van der Waals surface area contributed by atoms with Gasteiger partial charge in [0.25, 0.3) is 5.91 Å². The van der Waals surface area contributed by atoms with Crippen molar-refractivity contribution >= 4 is 34.9 Å². The molecule has 1 saturated heterocycles. The van der Waals surface area contributed by atoms with Gasteiger partial charge in [0, 0.05) is 12.5 Å². The third kappa shape index (κ3) is 4.02. The van der Waals surface area contributed by atoms with E-state index in [0.29, 0.717) is 16.2 Å². The molecule has 6 nitrogen and oxygen atoms in total. The Morgan fingerprint density at radius 3 is 2.69 bits per heavy atom. The molecule has 1 aliphatic heterocycles. The molecular weight excluding hydrogens is 359 g/mol. The number of nitrogens with one attached hydrogen (secondary N) is 1. The summed E-state index contributed by atoms with van der Waals surface area (Å²) in [6.45, 7) is 1.96. The van der Waals surface area contributed by atoms with Gasteiger partial charge in [-0.3, -0.25) is 4.79 Å². The summed E-state index contributed by atoms with van der Waals surface area (Å²) in [7, 11) is 0. The molecular formula is C18H15FN2O4S. The van der Waals surface area contributed by atoms with E-state index >= 15 is 0 Å². The van der Waals surface area contributed by atoms with Crippen molar-refractivity contribution in [1.29, 1.82) is 0 Å². The van der Waals surface area contributed by atoms with E-state index in [-0.39, 0.29) is 11.1 Å². The van der Waals surface area contributed by atoms with E-state index in [4.69, 9.17) is 4.42 Å². The van der Waals surface area contributed by atoms with Gasteiger partial charge >= 0.3 is 5.97 Å². The van der Waals surface area contributed by atoms with Crippen LogP contribution in [0.25, 0.3) is 6.08 Å². The van der Waals surface area contributed by atoms with E-state index in [1.165, 1.54) is 24.3 Å². The Morgan fingerprint density at radius 2 is 2.08 bits per heavy atom. The number of carbonyl (C=O) groups is 2. The summed E-state index contributed by atoms with van der Waals surface area (Å²) in [6, 6.07) is 7.38. The summed E-state index contributed by atoms with van der Waals surface area (Å²) in [5.41, 5.74) is 0.317. The van der Waals surface area contributed by atoms with Crippen LogP contribution in [0.1, 0.15) is 30.0 Å². The number of carbonyl (C=O) groups excluding carboxylic acids is 1. The number of carboxylic acid groups (broad SMARTS) is 1. The highest BCUT2D eigenvalue weighted by Crippen LogP contribution is 2.29. The highest BCUT2D eigenvalue weighted by atomic mass is 32.2. The lowest BCUT2D eigenvalue weighted by Crippen LogP contribution is -2.22. The van der Waals surface area contributed by atoms with E-state index in [1.807, 2.05) is 13.0 Å². The minimum absolute atomic E-state index is 0.167. The van der Waals surface area contributed by atoms with Gasteiger partial charge in [0.05, 0.1) is 4.91 Å². The molecule has 1 aromatic heterocycles. The first-order valence-corrected chi connectivity index (χ1v) is 8.63. The normalized spacial score (nSPS) is 18.3. The predicted octanol–water partition coefficient (Wildman–Crippen LogP) is 3.37. The summed E-state index contributed by atoms with van der Waals surface area (Å²) in [5.74, 6) is -0.712. The molecule has 0 unspecified atom stereocenters. The van der Waals surface area contributed by atoms with Gasteiger partial charge in [0.15, 0.2) is 11.2 Å². The maximum atomic E-state index is 13.0. The second kappa shape index (κ2) is 7.57. The molecule has 134 valence electrons. The Balaban J connectivity index is 1.83. The first-order valence-electron chi connectivity index (χ1n) is 7.82. The number of rotatable bonds is 5. The van der Waals surface area contributed by atoms with Crippen LogP contribution in [0.2, 0.25) is 0 Å². The SMILES string of the molecule is CCc1ccc(/C=C2\SC(=N[C@H](C(=O)O)c3ccc(F)cc3)NC2=O)o1. The van der Waals surface area contributed by atoms with Crippen molar-refractivity contribution in [3.05, 3.63) is 64.2 Å². The zero-order valence-electron chi connectivity index (χ0n) is 13.7. The highest BCUT2D eigenvalue weighted by molar-refractivity contribution is 8.18. The van der Waals surface area contributed by atoms with Gasteiger partial charge in [-0.25, -0.2) is 14.2 Å². The molecule has 0 saturated carbocycles. The monoisotopic (exact) mass is 374 g/mol. The lowest BCUT2D eigenvalue weighted by atomic mass is 10.1. The lowest BCUT2D eigenvalue weighted by Gasteiger charge is -2.08. The molecule has 0 bridgehead atoms. The largest absolute Gasteiger partial charge is 0.479 e. The molecule has 0 radical (unpaired) electrons. The van der Waals surface area contributed by atoms with Gasteiger partial charge in [-0.2, -0.15) is 0 Å². The zero-order valence-corrected chi connectivity index (χ0v) is 14.5. The summed E-state index contributed by atoms with van der Waals surface area (Å²) in [6.07, 6.45) is 2.32. The van der Waals surface area contributed by atoms with Crippen LogP contribution in [-0.4, -0.2) is 22.2 Å². The number of furan rings is 1. The molecule has 8 heteroatoms. The van der Waals surface area contributed by atoms with Gasteiger partial charge in [0.2, 0.25) is 0 Å². The molecule has 1 fully saturated rings. The van der Waals surface area contributed by atoms with Crippen molar-refractivity contribution in [1.82, 2.24) is 5.32 Å². The molecule has 1 amide bonds. The van der Waals surface area contributed by atoms with E-state index in [0.717, 1.165) is 23.9 Å². The second-order valence-electron chi connectivity index (χ2n) is 5.45. The summed E-state index contributed by atoms with van der Waals surface area (Å²) in [4.78, 5) is 28.0. The van der Waals surface area contributed by atoms with Crippen LogP contribution in [0.4, 0.5) is 4.39 Å². The third-order valence-corrected chi connectivity index (χ3v) is 4.55. The van der Waals surface area contributed by atoms with Crippen LogP contribution in [0.5, 0.6) is 0 Å². The Morgan fingerprint density at radius 1 is 1.35 bits per heavy atom. The van der Waals surface area contributed by atoms with Crippen molar-refractivity contribution < 1.29 is 23.5 Å². The van der Waals surface area contributed by atoms with E-state index in [1.54, 1.807) is 12.1 Å². The molecule has 0 aliphatic carbocycles. The molecule has 2 aromatic rings. The third-order valence-electron chi connectivity index (χ3n) is 3.62. The summed E-state index contributed by atoms with van der Waals surface area (Å²) < 4.78 is 18.6. The number of halogens is 1. The Hall–Kier alpha value is -2.87. The molecule has 0 spiro atoms. The molecule has 2 heterocycles. The van der Waals surface area contributed by atoms with Crippen LogP contribution in [0.3, 0.4) is 0 Å². The van der Waals surface area contributed by atoms with Crippen LogP contribution < -0.4 is 5.32 Å². The number of benzene rings is 1. The van der Waals surface area contributed by atoms with E-state index in [9.17, 15) is 19.1 Å². The number of aliphatic carboxylic acids is 1. The maximum absolute atomic E-state index is 13.0. The first-order chi connectivity index (χ1) is 12.5. The highest BCUT2D eigenvalue weighted by Gasteiger charge is 2.27. The van der Waals surface area contributed by atoms with Crippen molar-refractivity contribution in [3.8, 4) is 0 Å². The number of nitrogens with zero attached hydrogens (tertiary/aromatic N) is 1. The van der Waals surface area contributed by atoms with Gasteiger partial charge in [-0.1, -0.05) is 19.1 Å². The minimum atomic E-state index is -1.24. The number of aryl methyl sites for hydroxylation is 1. The average molecular weight is 374 g/mol. The van der Waals surface area contributed by atoms with Crippen molar-refractivity contribution in [2.45, 2.75) is 19.4 Å². The minimum Gasteiger partial charge on any atom is -0.479 e. The van der Waals surface area contributed by atoms with Crippen LogP contribution >= 0.6 is 11.8 Å². The smallest absolute Gasteiger partial charge is 0.333 e. The fraction of sp³-hybridized carbons (Fsp3) is 0.167. The topological polar surface area (TPSA) is 91.9 Å². The van der Waals surface area contributed by atoms with Crippen LogP contribution in [0.15, 0.2) is 50.7 Å². The Bertz CT molecular complexity index is 902. The van der Waals surface area contributed by atoms with Gasteiger partial charge in [-0.05, 0) is 41.6 Å². The molecule has 2 N–H and O–H groups in total. The number of thioether (sulfide) groups is 1. The van der Waals surface area contributed by atoms with Crippen LogP contribution in [0, 0.1) is 5.82 Å². The second-order valence-corrected chi connectivity index (χ2v) is 6.48. The molecule has 1 atom stereocenters. The fourth-order valence-electron chi connectivity index (χ4n) is 2.31. The molecule has 1 aliphatic rings. The molecule has 3 rings (SSSR count). The Kier molecular flexibility index (Phi) is 5.22. The fourth-order valence-corrected chi connectivity index (χ4v) is 3.14. The number of amidine groups is 1. The quantitative estimate of drug-likeness (QED) is 0.783. The van der Waals surface area contributed by atoms with E-state index < -0.39 is 17.8 Å². The maximum Gasteiger partial charge on any atom is 0.333 e. The van der Waals surface area contributed by atoms with E-state index in [2.05, 4.69) is 10.3 Å². The number of amides is 1. The van der Waals surface area contributed by atoms with Crippen molar-refractivity contribution in [3.63, 3.8) is 0 Å². The standard InChI is InChI=1S/C18H15FN2O4S/c1-2-12-7-8-13(25-12)9-14-16(22)21-18(26-14)20-15(17(23)24)10-3-5-11(19)6-4-10/h3-9,15H,2H2,1H3,(H,23,24)(H,20,21,22)/b14-9-/t15-/m0/s1. The van der Waals surface area contributed by atoms with Crippen LogP contribution in [-0.2, 0) is 16.0 Å². The number of carboxylic acids is 1. The first kappa shape index (κ1) is 17.9. The van der Waals surface area contributed by atoms with Crippen molar-refractivity contribution in [2.75, 3.05) is 0 Å². The Labute approximate surface area is 152 Å². The van der Waals surface area contributed by atoms with Gasteiger partial charge in [-0.15, -0.1) is 0 Å². The molecule has 1 aromatic carbocycles. The average Bonchev–Trinajstić information content (AvgIpc) is 3.20. The lowest BCUT2D eigenvalue weighted by molar-refractivity contribution is -0.138. The number of hydrogen-bond acceptors (Lipinski definition) is 5. The van der Waals surface area contributed by atoms with Crippen molar-refractivity contribution in [2.24, 2.45) is 4.99 Å². The summed E-state index contributed by atoms with van der Waals surface area (Å²) >= 11 is 1.03. The predicted molar refractivity (Wildman–Crippen MR) is 96.0 cm³/mol.